The molecule has 0 unspecified atom stereocenters. The Morgan fingerprint density at radius 1 is 0.708 bits per heavy atom. The zero-order valence-electron chi connectivity index (χ0n) is 14.3. The number of hydrogen-bond donors (Lipinski definition) is 0. The lowest BCUT2D eigenvalue weighted by molar-refractivity contribution is -0.942. The van der Waals surface area contributed by atoms with E-state index in [1.54, 1.807) is 0 Å². The highest BCUT2D eigenvalue weighted by molar-refractivity contribution is 5.47. The van der Waals surface area contributed by atoms with Gasteiger partial charge >= 0.3 is 0 Å². The van der Waals surface area contributed by atoms with Gasteiger partial charge in [-0.1, -0.05) is 73.8 Å². The van der Waals surface area contributed by atoms with Crippen molar-refractivity contribution in [2.45, 2.75) is 25.9 Å². The second-order valence-electron chi connectivity index (χ2n) is 6.70. The molecule has 126 valence electrons. The van der Waals surface area contributed by atoms with E-state index in [9.17, 15) is 0 Å². The summed E-state index contributed by atoms with van der Waals surface area (Å²) in [5, 5.41) is 0. The van der Waals surface area contributed by atoms with Crippen LogP contribution in [0.2, 0.25) is 0 Å². The molecule has 0 N–H and O–H groups in total. The first-order valence-electron chi connectivity index (χ1n) is 8.51. The molecule has 1 aliphatic heterocycles. The van der Waals surface area contributed by atoms with Crippen LogP contribution in [-0.2, 0) is 13.1 Å². The Morgan fingerprint density at radius 2 is 1.08 bits per heavy atom. The van der Waals surface area contributed by atoms with Gasteiger partial charge in [-0.25, -0.2) is 0 Å². The van der Waals surface area contributed by atoms with Crippen molar-refractivity contribution >= 4 is 12.2 Å². The van der Waals surface area contributed by atoms with E-state index >= 15 is 0 Å². The lowest BCUT2D eigenvalue weighted by atomic mass is 10.1. The third kappa shape index (κ3) is 4.37. The largest absolute Gasteiger partial charge is 1.00 e. The molecule has 0 atom stereocenters. The van der Waals surface area contributed by atoms with Gasteiger partial charge in [0.05, 0.1) is 13.1 Å². The molecule has 0 spiro atoms. The predicted molar refractivity (Wildman–Crippen MR) is 99.7 cm³/mol. The van der Waals surface area contributed by atoms with Gasteiger partial charge < -0.3 is 16.9 Å². The van der Waals surface area contributed by atoms with Crippen LogP contribution in [0.1, 0.15) is 35.1 Å². The summed E-state index contributed by atoms with van der Waals surface area (Å²) >= 11 is 0. The second kappa shape index (κ2) is 8.32. The van der Waals surface area contributed by atoms with E-state index in [4.69, 9.17) is 0 Å². The molecule has 2 heteroatoms. The molecule has 2 aromatic carbocycles. The van der Waals surface area contributed by atoms with Crippen LogP contribution in [-0.4, -0.2) is 17.6 Å². The molecule has 1 aliphatic rings. The summed E-state index contributed by atoms with van der Waals surface area (Å²) in [7, 11) is 0. The van der Waals surface area contributed by atoms with Gasteiger partial charge in [-0.05, 0) is 11.1 Å². The number of rotatable bonds is 6. The van der Waals surface area contributed by atoms with Crippen molar-refractivity contribution in [1.29, 1.82) is 0 Å². The van der Waals surface area contributed by atoms with Crippen LogP contribution in [0, 0.1) is 0 Å². The molecule has 1 fully saturated rings. The van der Waals surface area contributed by atoms with Crippen LogP contribution < -0.4 is 12.4 Å². The number of nitrogens with zero attached hydrogens (tertiary/aromatic N) is 1. The first-order chi connectivity index (χ1) is 11.2. The summed E-state index contributed by atoms with van der Waals surface area (Å²) in [5.74, 6) is 0. The van der Waals surface area contributed by atoms with Crippen LogP contribution in [0.4, 0.5) is 0 Å². The van der Waals surface area contributed by atoms with Gasteiger partial charge in [-0.3, -0.25) is 0 Å². The van der Waals surface area contributed by atoms with Crippen molar-refractivity contribution in [2.75, 3.05) is 13.1 Å². The maximum atomic E-state index is 3.84. The van der Waals surface area contributed by atoms with Crippen molar-refractivity contribution in [2.24, 2.45) is 0 Å². The Balaban J connectivity index is 0.00000208. The summed E-state index contributed by atoms with van der Waals surface area (Å²) in [4.78, 5) is 0. The van der Waals surface area contributed by atoms with Crippen LogP contribution >= 0.6 is 0 Å². The monoisotopic (exact) mass is 339 g/mol. The van der Waals surface area contributed by atoms with Crippen LogP contribution in [0.3, 0.4) is 0 Å². The average Bonchev–Trinajstić information content (AvgIpc) is 3.04. The zero-order valence-corrected chi connectivity index (χ0v) is 15.0. The molecule has 1 saturated heterocycles. The Hall–Kier alpha value is -1.83. The van der Waals surface area contributed by atoms with Crippen molar-refractivity contribution in [3.05, 3.63) is 83.9 Å². The first-order valence-corrected chi connectivity index (χ1v) is 8.51. The van der Waals surface area contributed by atoms with Crippen molar-refractivity contribution in [3.8, 4) is 0 Å². The van der Waals surface area contributed by atoms with Crippen LogP contribution in [0.25, 0.3) is 12.2 Å². The SMILES string of the molecule is C=Cc1ccc(C[N+]2(Cc3ccc(C=C)cc3)CCCC2)cc1.[Cl-]. The minimum atomic E-state index is 0. The second-order valence-corrected chi connectivity index (χ2v) is 6.70. The van der Waals surface area contributed by atoms with Gasteiger partial charge in [0.15, 0.2) is 0 Å². The highest BCUT2D eigenvalue weighted by Crippen LogP contribution is 2.27. The Bertz CT molecular complexity index is 609. The maximum Gasteiger partial charge on any atom is 0.105 e. The number of halogens is 1. The molecular formula is C22H26ClN. The zero-order chi connectivity index (χ0) is 16.1. The topological polar surface area (TPSA) is 0 Å². The van der Waals surface area contributed by atoms with Gasteiger partial charge in [-0.15, -0.1) is 0 Å². The standard InChI is InChI=1S/C22H26N.ClH/c1-3-19-7-11-21(12-8-19)17-23(15-5-6-16-23)18-22-13-9-20(4-2)10-14-22;/h3-4,7-14H,1-2,5-6,15-18H2;1H/q+1;/p-1. The summed E-state index contributed by atoms with van der Waals surface area (Å²) in [6.45, 7) is 12.5. The Kier molecular flexibility index (Phi) is 6.42. The van der Waals surface area contributed by atoms with Crippen molar-refractivity contribution in [1.82, 2.24) is 0 Å². The van der Waals surface area contributed by atoms with Crippen molar-refractivity contribution < 1.29 is 16.9 Å². The van der Waals surface area contributed by atoms with E-state index in [1.807, 2.05) is 12.2 Å². The third-order valence-electron chi connectivity index (χ3n) is 4.98. The number of likely N-dealkylation sites (tertiary alicyclic amines) is 1. The lowest BCUT2D eigenvalue weighted by Crippen LogP contribution is -3.00. The molecule has 0 aromatic heterocycles. The van der Waals surface area contributed by atoms with E-state index in [0.717, 1.165) is 13.1 Å². The Morgan fingerprint density at radius 3 is 1.42 bits per heavy atom. The molecule has 3 rings (SSSR count). The fourth-order valence-electron chi connectivity index (χ4n) is 3.67. The smallest absolute Gasteiger partial charge is 0.105 e. The number of quaternary nitrogens is 1. The van der Waals surface area contributed by atoms with E-state index in [2.05, 4.69) is 61.7 Å². The first kappa shape index (κ1) is 18.5. The van der Waals surface area contributed by atoms with Gasteiger partial charge in [0, 0.05) is 24.0 Å². The van der Waals surface area contributed by atoms with Crippen molar-refractivity contribution in [3.63, 3.8) is 0 Å². The maximum absolute atomic E-state index is 3.84. The molecule has 1 nitrogen and oxygen atoms in total. The third-order valence-corrected chi connectivity index (χ3v) is 4.98. The fourth-order valence-corrected chi connectivity index (χ4v) is 3.67. The molecule has 0 amide bonds. The Labute approximate surface area is 152 Å². The predicted octanol–water partition coefficient (Wildman–Crippen LogP) is 2.29. The van der Waals surface area contributed by atoms with Gasteiger partial charge in [0.25, 0.3) is 0 Å². The van der Waals surface area contributed by atoms with Gasteiger partial charge in [0.2, 0.25) is 0 Å². The molecular weight excluding hydrogens is 314 g/mol. The normalized spacial score (nSPS) is 15.5. The molecule has 0 aliphatic carbocycles. The fraction of sp³-hybridized carbons (Fsp3) is 0.273. The van der Waals surface area contributed by atoms with Gasteiger partial charge in [0.1, 0.15) is 13.1 Å². The molecule has 0 radical (unpaired) electrons. The quantitative estimate of drug-likeness (QED) is 0.708. The molecule has 1 heterocycles. The van der Waals surface area contributed by atoms with E-state index < -0.39 is 0 Å². The van der Waals surface area contributed by atoms with Crippen LogP contribution in [0.15, 0.2) is 61.7 Å². The van der Waals surface area contributed by atoms with E-state index in [1.165, 1.54) is 52.7 Å². The summed E-state index contributed by atoms with van der Waals surface area (Å²) in [5.41, 5.74) is 5.25. The minimum absolute atomic E-state index is 0. The summed E-state index contributed by atoms with van der Waals surface area (Å²) in [6, 6.07) is 17.7. The summed E-state index contributed by atoms with van der Waals surface area (Å²) < 4.78 is 1.18. The van der Waals surface area contributed by atoms with E-state index in [-0.39, 0.29) is 12.4 Å². The lowest BCUT2D eigenvalue weighted by Gasteiger charge is -2.34. The molecule has 24 heavy (non-hydrogen) atoms. The average molecular weight is 340 g/mol. The molecule has 0 bridgehead atoms. The van der Waals surface area contributed by atoms with Crippen LogP contribution in [0.5, 0.6) is 0 Å². The minimum Gasteiger partial charge on any atom is -1.00 e. The highest BCUT2D eigenvalue weighted by atomic mass is 35.5. The summed E-state index contributed by atoms with van der Waals surface area (Å²) in [6.07, 6.45) is 6.50. The highest BCUT2D eigenvalue weighted by Gasteiger charge is 2.32. The molecule has 2 aromatic rings. The number of hydrogen-bond acceptors (Lipinski definition) is 0. The number of benzene rings is 2. The van der Waals surface area contributed by atoms with E-state index in [0.29, 0.717) is 0 Å². The molecule has 0 saturated carbocycles. The van der Waals surface area contributed by atoms with Gasteiger partial charge in [-0.2, -0.15) is 0 Å².